The molecule has 3 atom stereocenters. The minimum absolute atomic E-state index is 0.000816. The van der Waals surface area contributed by atoms with Gasteiger partial charge >= 0.3 is 12.1 Å². The van der Waals surface area contributed by atoms with Crippen LogP contribution in [0.4, 0.5) is 4.79 Å². The number of carbonyl (C=O) groups excluding carboxylic acids is 2. The summed E-state index contributed by atoms with van der Waals surface area (Å²) in [5, 5.41) is 14.5. The third-order valence-electron chi connectivity index (χ3n) is 6.30. The summed E-state index contributed by atoms with van der Waals surface area (Å²) in [5.74, 6) is -1.53. The van der Waals surface area contributed by atoms with E-state index in [4.69, 9.17) is 4.74 Å². The lowest BCUT2D eigenvalue weighted by atomic mass is 9.98. The van der Waals surface area contributed by atoms with Gasteiger partial charge in [0.1, 0.15) is 12.6 Å². The molecule has 1 saturated carbocycles. The highest BCUT2D eigenvalue weighted by Gasteiger charge is 2.44. The van der Waals surface area contributed by atoms with E-state index >= 15 is 0 Å². The Morgan fingerprint density at radius 1 is 1.06 bits per heavy atom. The second-order valence-corrected chi connectivity index (χ2v) is 8.50. The second-order valence-electron chi connectivity index (χ2n) is 8.50. The molecule has 0 radical (unpaired) electrons. The molecular weight excluding hydrogens is 408 g/mol. The Morgan fingerprint density at radius 2 is 1.69 bits per heavy atom. The molecule has 4 rings (SSSR count). The molecule has 2 aromatic carbocycles. The molecule has 3 N–H and O–H groups in total. The van der Waals surface area contributed by atoms with Crippen LogP contribution in [-0.4, -0.2) is 42.3 Å². The molecule has 7 heteroatoms. The van der Waals surface area contributed by atoms with E-state index in [1.54, 1.807) is 0 Å². The van der Waals surface area contributed by atoms with Crippen LogP contribution in [0.15, 0.2) is 48.5 Å². The number of hydrogen-bond acceptors (Lipinski definition) is 4. The molecule has 1 fully saturated rings. The molecule has 0 aromatic heterocycles. The fourth-order valence-electron chi connectivity index (χ4n) is 4.48. The average molecular weight is 437 g/mol. The van der Waals surface area contributed by atoms with E-state index in [0.717, 1.165) is 11.1 Å². The summed E-state index contributed by atoms with van der Waals surface area (Å²) >= 11 is 0. The Kier molecular flexibility index (Phi) is 6.44. The highest BCUT2D eigenvalue weighted by atomic mass is 16.5. The zero-order chi connectivity index (χ0) is 22.7. The molecule has 7 nitrogen and oxygen atoms in total. The summed E-state index contributed by atoms with van der Waals surface area (Å²) in [6, 6.07) is 15.4. The van der Waals surface area contributed by atoms with Gasteiger partial charge in [0.25, 0.3) is 0 Å². The summed E-state index contributed by atoms with van der Waals surface area (Å²) in [7, 11) is 0. The first kappa shape index (κ1) is 21.9. The van der Waals surface area contributed by atoms with Gasteiger partial charge in [0, 0.05) is 18.4 Å². The fourth-order valence-corrected chi connectivity index (χ4v) is 4.48. The molecule has 2 aliphatic rings. The number of aliphatic carboxylic acids is 1. The molecule has 0 bridgehead atoms. The molecule has 0 spiro atoms. The topological polar surface area (TPSA) is 105 Å². The summed E-state index contributed by atoms with van der Waals surface area (Å²) < 4.78 is 5.51. The van der Waals surface area contributed by atoms with Crippen molar-refractivity contribution in [2.75, 3.05) is 13.2 Å². The standard InChI is InChI=1S/C25H28N2O5/c1-2-7-22(24(29)30)27-23(28)20-12-15(20)13-26-25(31)32-14-21-18-10-5-3-8-16(18)17-9-4-6-11-19(17)21/h3-6,8-11,15,20-22H,2,7,12-14H2,1H3,(H,26,31)(H,27,28)(H,29,30)/t15?,20?,22-/m0/s1. The summed E-state index contributed by atoms with van der Waals surface area (Å²) in [6.45, 7) is 2.45. The van der Waals surface area contributed by atoms with E-state index < -0.39 is 18.1 Å². The van der Waals surface area contributed by atoms with Gasteiger partial charge in [-0.1, -0.05) is 61.9 Å². The molecule has 2 aliphatic carbocycles. The van der Waals surface area contributed by atoms with Crippen LogP contribution in [0, 0.1) is 11.8 Å². The number of carboxylic acid groups (broad SMARTS) is 1. The maximum Gasteiger partial charge on any atom is 0.407 e. The normalized spacial score (nSPS) is 19.4. The number of benzene rings is 2. The minimum atomic E-state index is -1.02. The van der Waals surface area contributed by atoms with Crippen LogP contribution in [0.1, 0.15) is 43.2 Å². The quantitative estimate of drug-likeness (QED) is 0.558. The van der Waals surface area contributed by atoms with E-state index in [1.165, 1.54) is 11.1 Å². The van der Waals surface area contributed by atoms with Crippen LogP contribution in [0.25, 0.3) is 11.1 Å². The molecular formula is C25H28N2O5. The lowest BCUT2D eigenvalue weighted by Crippen LogP contribution is -2.42. The van der Waals surface area contributed by atoms with Crippen molar-refractivity contribution >= 4 is 18.0 Å². The van der Waals surface area contributed by atoms with Crippen molar-refractivity contribution in [3.8, 4) is 11.1 Å². The Bertz CT molecular complexity index is 975. The third-order valence-corrected chi connectivity index (χ3v) is 6.30. The molecule has 168 valence electrons. The Hall–Kier alpha value is -3.35. The van der Waals surface area contributed by atoms with E-state index in [9.17, 15) is 19.5 Å². The highest BCUT2D eigenvalue weighted by molar-refractivity contribution is 5.86. The zero-order valence-corrected chi connectivity index (χ0v) is 18.0. The maximum absolute atomic E-state index is 12.3. The van der Waals surface area contributed by atoms with Crippen molar-refractivity contribution in [2.45, 2.75) is 38.1 Å². The number of rotatable bonds is 9. The lowest BCUT2D eigenvalue weighted by molar-refractivity contribution is -0.142. The van der Waals surface area contributed by atoms with Crippen molar-refractivity contribution in [1.29, 1.82) is 0 Å². The first-order valence-electron chi connectivity index (χ1n) is 11.1. The number of carbonyl (C=O) groups is 3. The van der Waals surface area contributed by atoms with Gasteiger partial charge in [0.05, 0.1) is 0 Å². The van der Waals surface area contributed by atoms with Gasteiger partial charge in [-0.05, 0) is 41.0 Å². The molecule has 0 saturated heterocycles. The predicted octanol–water partition coefficient (Wildman–Crippen LogP) is 3.53. The van der Waals surface area contributed by atoms with E-state index in [-0.39, 0.29) is 30.3 Å². The first-order chi connectivity index (χ1) is 15.5. The Labute approximate surface area is 187 Å². The number of alkyl carbamates (subject to hydrolysis) is 1. The van der Waals surface area contributed by atoms with Gasteiger partial charge in [-0.15, -0.1) is 0 Å². The predicted molar refractivity (Wildman–Crippen MR) is 119 cm³/mol. The van der Waals surface area contributed by atoms with Gasteiger partial charge in [-0.25, -0.2) is 9.59 Å². The van der Waals surface area contributed by atoms with Crippen LogP contribution >= 0.6 is 0 Å². The van der Waals surface area contributed by atoms with Gasteiger partial charge in [-0.2, -0.15) is 0 Å². The average Bonchev–Trinajstić information content (AvgIpc) is 3.51. The second kappa shape index (κ2) is 9.42. The van der Waals surface area contributed by atoms with Gasteiger partial charge in [0.15, 0.2) is 0 Å². The molecule has 0 aliphatic heterocycles. The molecule has 2 unspecified atom stereocenters. The van der Waals surface area contributed by atoms with Crippen molar-refractivity contribution < 1.29 is 24.2 Å². The number of hydrogen-bond donors (Lipinski definition) is 3. The Balaban J connectivity index is 1.25. The van der Waals surface area contributed by atoms with Crippen molar-refractivity contribution in [2.24, 2.45) is 11.8 Å². The van der Waals surface area contributed by atoms with Crippen LogP contribution in [0.2, 0.25) is 0 Å². The minimum Gasteiger partial charge on any atom is -0.480 e. The fraction of sp³-hybridized carbons (Fsp3) is 0.400. The third kappa shape index (κ3) is 4.61. The largest absolute Gasteiger partial charge is 0.480 e. The van der Waals surface area contributed by atoms with Crippen LogP contribution in [0.3, 0.4) is 0 Å². The smallest absolute Gasteiger partial charge is 0.407 e. The Morgan fingerprint density at radius 3 is 2.28 bits per heavy atom. The number of amides is 2. The van der Waals surface area contributed by atoms with E-state index in [0.29, 0.717) is 25.8 Å². The number of fused-ring (bicyclic) bond motifs is 3. The van der Waals surface area contributed by atoms with Crippen LogP contribution < -0.4 is 10.6 Å². The summed E-state index contributed by atoms with van der Waals surface area (Å²) in [6.07, 6.45) is 1.20. The van der Waals surface area contributed by atoms with E-state index in [2.05, 4.69) is 34.9 Å². The molecule has 2 aromatic rings. The summed E-state index contributed by atoms with van der Waals surface area (Å²) in [4.78, 5) is 35.7. The van der Waals surface area contributed by atoms with Crippen molar-refractivity contribution in [1.82, 2.24) is 10.6 Å². The van der Waals surface area contributed by atoms with Crippen LogP contribution in [0.5, 0.6) is 0 Å². The van der Waals surface area contributed by atoms with Crippen LogP contribution in [-0.2, 0) is 14.3 Å². The van der Waals surface area contributed by atoms with Gasteiger partial charge in [0.2, 0.25) is 5.91 Å². The maximum atomic E-state index is 12.3. The zero-order valence-electron chi connectivity index (χ0n) is 18.0. The molecule has 0 heterocycles. The molecule has 2 amide bonds. The molecule has 32 heavy (non-hydrogen) atoms. The van der Waals surface area contributed by atoms with Crippen molar-refractivity contribution in [3.05, 3.63) is 59.7 Å². The van der Waals surface area contributed by atoms with Gasteiger partial charge < -0.3 is 20.5 Å². The first-order valence-corrected chi connectivity index (χ1v) is 11.1. The lowest BCUT2D eigenvalue weighted by Gasteiger charge is -2.15. The number of nitrogens with one attached hydrogen (secondary N) is 2. The highest BCUT2D eigenvalue weighted by Crippen LogP contribution is 2.44. The number of ether oxygens (including phenoxy) is 1. The van der Waals surface area contributed by atoms with E-state index in [1.807, 2.05) is 31.2 Å². The van der Waals surface area contributed by atoms with Crippen molar-refractivity contribution in [3.63, 3.8) is 0 Å². The number of carboxylic acids is 1. The SMILES string of the molecule is CCC[C@H](NC(=O)C1CC1CNC(=O)OCC1c2ccccc2-c2ccccc21)C(=O)O. The summed E-state index contributed by atoms with van der Waals surface area (Å²) in [5.41, 5.74) is 4.65. The van der Waals surface area contributed by atoms with Gasteiger partial charge in [-0.3, -0.25) is 4.79 Å². The monoisotopic (exact) mass is 436 g/mol.